The normalized spacial score (nSPS) is 11.4. The topological polar surface area (TPSA) is 93.9 Å². The zero-order valence-corrected chi connectivity index (χ0v) is 13.4. The van der Waals surface area contributed by atoms with Crippen LogP contribution >= 0.6 is 0 Å². The lowest BCUT2D eigenvalue weighted by molar-refractivity contribution is -0.114. The molecule has 0 radical (unpaired) electrons. The van der Waals surface area contributed by atoms with Crippen LogP contribution < -0.4 is 16.2 Å². The van der Waals surface area contributed by atoms with Crippen molar-refractivity contribution in [2.45, 2.75) is 13.3 Å². The zero-order valence-electron chi connectivity index (χ0n) is 13.4. The summed E-state index contributed by atoms with van der Waals surface area (Å²) < 4.78 is 5.70. The molecular weight excluding hydrogens is 280 g/mol. The third kappa shape index (κ3) is 6.90. The molecule has 1 aromatic carbocycles. The van der Waals surface area contributed by atoms with E-state index in [1.807, 2.05) is 38.4 Å². The summed E-state index contributed by atoms with van der Waals surface area (Å²) in [6.07, 6.45) is 2.68. The molecule has 1 rings (SSSR count). The van der Waals surface area contributed by atoms with Crippen molar-refractivity contribution < 1.29 is 9.53 Å². The van der Waals surface area contributed by atoms with Gasteiger partial charge in [0.1, 0.15) is 5.75 Å². The van der Waals surface area contributed by atoms with E-state index in [0.717, 1.165) is 24.3 Å². The van der Waals surface area contributed by atoms with Crippen molar-refractivity contribution in [3.63, 3.8) is 0 Å². The van der Waals surface area contributed by atoms with Gasteiger partial charge in [-0.2, -0.15) is 4.99 Å². The molecular formula is C16H24N4O2. The van der Waals surface area contributed by atoms with Gasteiger partial charge in [-0.15, -0.1) is 0 Å². The Bertz CT molecular complexity index is 561. The number of hydrogen-bond acceptors (Lipinski definition) is 3. The average Bonchev–Trinajstić information content (AvgIpc) is 2.43. The summed E-state index contributed by atoms with van der Waals surface area (Å²) in [5.41, 5.74) is 11.7. The SMILES string of the molecule is C/C(=C\c1cccc(OCCCN(C)C)c1)C(=O)N=C(N)N. The highest BCUT2D eigenvalue weighted by atomic mass is 16.5. The van der Waals surface area contributed by atoms with Gasteiger partial charge in [0.05, 0.1) is 6.61 Å². The van der Waals surface area contributed by atoms with Crippen molar-refractivity contribution in [3.8, 4) is 5.75 Å². The Morgan fingerprint density at radius 1 is 1.36 bits per heavy atom. The number of nitrogens with zero attached hydrogens (tertiary/aromatic N) is 2. The Kier molecular flexibility index (Phi) is 7.12. The van der Waals surface area contributed by atoms with Gasteiger partial charge in [-0.05, 0) is 51.2 Å². The van der Waals surface area contributed by atoms with Gasteiger partial charge in [-0.25, -0.2) is 0 Å². The van der Waals surface area contributed by atoms with E-state index < -0.39 is 5.91 Å². The summed E-state index contributed by atoms with van der Waals surface area (Å²) in [6, 6.07) is 7.53. The first-order valence-electron chi connectivity index (χ1n) is 7.08. The number of carbonyl (C=O) groups excluding carboxylic acids is 1. The van der Waals surface area contributed by atoms with Gasteiger partial charge in [0.2, 0.25) is 0 Å². The molecule has 0 spiro atoms. The van der Waals surface area contributed by atoms with Crippen LogP contribution in [0, 0.1) is 0 Å². The van der Waals surface area contributed by atoms with Crippen LogP contribution in [0.2, 0.25) is 0 Å². The van der Waals surface area contributed by atoms with E-state index in [9.17, 15) is 4.79 Å². The number of aliphatic imine (C=N–C) groups is 1. The Hall–Kier alpha value is -2.34. The van der Waals surface area contributed by atoms with E-state index in [0.29, 0.717) is 12.2 Å². The minimum Gasteiger partial charge on any atom is -0.494 e. The molecule has 0 aliphatic carbocycles. The molecule has 0 bridgehead atoms. The second-order valence-corrected chi connectivity index (χ2v) is 5.25. The molecule has 0 unspecified atom stereocenters. The average molecular weight is 304 g/mol. The number of hydrogen-bond donors (Lipinski definition) is 2. The van der Waals surface area contributed by atoms with Crippen LogP contribution in [-0.4, -0.2) is 44.0 Å². The maximum Gasteiger partial charge on any atom is 0.275 e. The quantitative estimate of drug-likeness (QED) is 0.342. The second kappa shape index (κ2) is 8.84. The fourth-order valence-electron chi connectivity index (χ4n) is 1.78. The Morgan fingerprint density at radius 3 is 2.73 bits per heavy atom. The molecule has 0 atom stereocenters. The summed E-state index contributed by atoms with van der Waals surface area (Å²) in [7, 11) is 4.06. The molecule has 1 aromatic rings. The van der Waals surface area contributed by atoms with E-state index in [-0.39, 0.29) is 5.96 Å². The predicted molar refractivity (Wildman–Crippen MR) is 89.6 cm³/mol. The summed E-state index contributed by atoms with van der Waals surface area (Å²) in [5, 5.41) is 0. The van der Waals surface area contributed by atoms with E-state index >= 15 is 0 Å². The van der Waals surface area contributed by atoms with E-state index in [1.165, 1.54) is 0 Å². The minimum absolute atomic E-state index is 0.240. The molecule has 6 heteroatoms. The van der Waals surface area contributed by atoms with Gasteiger partial charge in [-0.1, -0.05) is 12.1 Å². The van der Waals surface area contributed by atoms with Gasteiger partial charge < -0.3 is 21.1 Å². The molecule has 6 nitrogen and oxygen atoms in total. The van der Waals surface area contributed by atoms with E-state index in [2.05, 4.69) is 9.89 Å². The van der Waals surface area contributed by atoms with Gasteiger partial charge in [0, 0.05) is 12.1 Å². The fraction of sp³-hybridized carbons (Fsp3) is 0.375. The number of benzene rings is 1. The van der Waals surface area contributed by atoms with Crippen molar-refractivity contribution in [1.82, 2.24) is 4.90 Å². The van der Waals surface area contributed by atoms with Crippen LogP contribution in [0.5, 0.6) is 5.75 Å². The van der Waals surface area contributed by atoms with E-state index in [4.69, 9.17) is 16.2 Å². The highest BCUT2D eigenvalue weighted by molar-refractivity contribution is 6.03. The van der Waals surface area contributed by atoms with Gasteiger partial charge in [0.15, 0.2) is 5.96 Å². The van der Waals surface area contributed by atoms with Gasteiger partial charge in [0.25, 0.3) is 5.91 Å². The highest BCUT2D eigenvalue weighted by Gasteiger charge is 2.03. The molecule has 0 aromatic heterocycles. The lowest BCUT2D eigenvalue weighted by Crippen LogP contribution is -2.24. The molecule has 0 aliphatic rings. The van der Waals surface area contributed by atoms with Gasteiger partial charge >= 0.3 is 0 Å². The second-order valence-electron chi connectivity index (χ2n) is 5.25. The summed E-state index contributed by atoms with van der Waals surface area (Å²) in [4.78, 5) is 17.3. The number of ether oxygens (including phenoxy) is 1. The van der Waals surface area contributed by atoms with Gasteiger partial charge in [-0.3, -0.25) is 4.79 Å². The number of nitrogens with two attached hydrogens (primary N) is 2. The molecule has 0 fully saturated rings. The van der Waals surface area contributed by atoms with Crippen molar-refractivity contribution in [3.05, 3.63) is 35.4 Å². The molecule has 4 N–H and O–H groups in total. The maximum absolute atomic E-state index is 11.7. The first kappa shape index (κ1) is 17.7. The Balaban J connectivity index is 2.67. The molecule has 0 saturated heterocycles. The number of rotatable bonds is 7. The van der Waals surface area contributed by atoms with Crippen LogP contribution in [0.15, 0.2) is 34.8 Å². The van der Waals surface area contributed by atoms with Crippen LogP contribution in [0.1, 0.15) is 18.9 Å². The molecule has 120 valence electrons. The molecule has 1 amide bonds. The summed E-state index contributed by atoms with van der Waals surface area (Å²) in [5.74, 6) is 0.0858. The lowest BCUT2D eigenvalue weighted by Gasteiger charge is -2.10. The van der Waals surface area contributed by atoms with Crippen molar-refractivity contribution >= 4 is 17.9 Å². The fourth-order valence-corrected chi connectivity index (χ4v) is 1.78. The zero-order chi connectivity index (χ0) is 16.5. The van der Waals surface area contributed by atoms with Crippen molar-refractivity contribution in [1.29, 1.82) is 0 Å². The monoisotopic (exact) mass is 304 g/mol. The Labute approximate surface area is 131 Å². The largest absolute Gasteiger partial charge is 0.494 e. The number of amides is 1. The third-order valence-electron chi connectivity index (χ3n) is 2.83. The van der Waals surface area contributed by atoms with Crippen molar-refractivity contribution in [2.75, 3.05) is 27.2 Å². The van der Waals surface area contributed by atoms with Crippen molar-refractivity contribution in [2.24, 2.45) is 16.5 Å². The smallest absolute Gasteiger partial charge is 0.275 e. The lowest BCUT2D eigenvalue weighted by atomic mass is 10.1. The minimum atomic E-state index is -0.447. The highest BCUT2D eigenvalue weighted by Crippen LogP contribution is 2.16. The summed E-state index contributed by atoms with van der Waals surface area (Å²) in [6.45, 7) is 3.29. The van der Waals surface area contributed by atoms with Crippen LogP contribution in [0.3, 0.4) is 0 Å². The molecule has 0 saturated carbocycles. The molecule has 22 heavy (non-hydrogen) atoms. The van der Waals surface area contributed by atoms with E-state index in [1.54, 1.807) is 13.0 Å². The number of guanidine groups is 1. The molecule has 0 aliphatic heterocycles. The summed E-state index contributed by atoms with van der Waals surface area (Å²) >= 11 is 0. The maximum atomic E-state index is 11.7. The number of carbonyl (C=O) groups is 1. The predicted octanol–water partition coefficient (Wildman–Crippen LogP) is 1.22. The van der Waals surface area contributed by atoms with Crippen LogP contribution in [0.4, 0.5) is 0 Å². The third-order valence-corrected chi connectivity index (χ3v) is 2.83. The first-order valence-corrected chi connectivity index (χ1v) is 7.08. The molecule has 0 heterocycles. The standard InChI is InChI=1S/C16H24N4O2/c1-12(15(21)19-16(17)18)10-13-6-4-7-14(11-13)22-9-5-8-20(2)3/h4,6-7,10-11H,5,8-9H2,1-3H3,(H4,17,18,19,21)/b12-10+. The van der Waals surface area contributed by atoms with Crippen LogP contribution in [-0.2, 0) is 4.79 Å². The first-order chi connectivity index (χ1) is 10.4. The van der Waals surface area contributed by atoms with Crippen LogP contribution in [0.25, 0.3) is 6.08 Å². The Morgan fingerprint density at radius 2 is 2.09 bits per heavy atom.